The minimum absolute atomic E-state index is 0.0371. The first kappa shape index (κ1) is 29.8. The van der Waals surface area contributed by atoms with E-state index < -0.39 is 25.8 Å². The predicted octanol–water partition coefficient (Wildman–Crippen LogP) is 5.00. The van der Waals surface area contributed by atoms with Gasteiger partial charge in [-0.05, 0) is 33.9 Å². The molecule has 1 N–H and O–H groups in total. The first-order chi connectivity index (χ1) is 19.4. The summed E-state index contributed by atoms with van der Waals surface area (Å²) in [4.78, 5) is 14.3. The number of ether oxygens (including phenoxy) is 1. The van der Waals surface area contributed by atoms with Crippen LogP contribution in [0.25, 0.3) is 10.9 Å². The number of pyridine rings is 1. The lowest BCUT2D eigenvalue weighted by Gasteiger charge is -2.43. The molecule has 2 aromatic carbocycles. The van der Waals surface area contributed by atoms with E-state index in [1.165, 1.54) is 6.20 Å². The fourth-order valence-electron chi connectivity index (χ4n) is 5.59. The molecule has 0 aliphatic carbocycles. The van der Waals surface area contributed by atoms with Crippen LogP contribution < -0.4 is 15.3 Å². The van der Waals surface area contributed by atoms with Crippen LogP contribution in [0.4, 0.5) is 10.2 Å². The Morgan fingerprint density at radius 2 is 1.68 bits per heavy atom. The molecule has 1 aliphatic rings. The molecule has 0 bridgehead atoms. The predicted molar refractivity (Wildman–Crippen MR) is 163 cm³/mol. The van der Waals surface area contributed by atoms with Crippen LogP contribution in [0.3, 0.4) is 0 Å². The molecule has 0 amide bonds. The van der Waals surface area contributed by atoms with Crippen molar-refractivity contribution in [3.8, 4) is 0 Å². The summed E-state index contributed by atoms with van der Waals surface area (Å²) in [5.74, 6) is -0.441. The van der Waals surface area contributed by atoms with Gasteiger partial charge in [-0.3, -0.25) is 0 Å². The summed E-state index contributed by atoms with van der Waals surface area (Å²) in [6.07, 6.45) is 0.972. The summed E-state index contributed by atoms with van der Waals surface area (Å²) in [6, 6.07) is 20.7. The number of aromatic nitrogens is 3. The van der Waals surface area contributed by atoms with E-state index >= 15 is 0 Å². The van der Waals surface area contributed by atoms with Crippen molar-refractivity contribution in [2.24, 2.45) is 0 Å². The van der Waals surface area contributed by atoms with Crippen LogP contribution in [0.2, 0.25) is 15.5 Å². The largest absolute Gasteiger partial charge is 0.405 e. The number of fused-ring (bicyclic) bond motifs is 1. The van der Waals surface area contributed by atoms with Crippen LogP contribution in [0.1, 0.15) is 27.7 Å². The zero-order valence-electron chi connectivity index (χ0n) is 23.4. The van der Waals surface area contributed by atoms with Gasteiger partial charge in [-0.2, -0.15) is 4.98 Å². The van der Waals surface area contributed by atoms with Gasteiger partial charge in [-0.25, -0.2) is 14.4 Å². The molecule has 0 radical (unpaired) electrons. The molecule has 1 fully saturated rings. The Morgan fingerprint density at radius 3 is 2.27 bits per heavy atom. The molecule has 41 heavy (non-hydrogen) atoms. The third kappa shape index (κ3) is 5.97. The molecule has 11 heteroatoms. The molecule has 2 aromatic heterocycles. The van der Waals surface area contributed by atoms with Crippen molar-refractivity contribution in [3.05, 3.63) is 83.1 Å². The van der Waals surface area contributed by atoms with Gasteiger partial charge in [0.15, 0.2) is 11.0 Å². The van der Waals surface area contributed by atoms with E-state index in [1.54, 1.807) is 6.92 Å². The quantitative estimate of drug-likeness (QED) is 0.186. The average molecular weight is 616 g/mol. The zero-order chi connectivity index (χ0) is 29.4. The van der Waals surface area contributed by atoms with Crippen molar-refractivity contribution in [2.75, 3.05) is 31.2 Å². The molecule has 1 saturated heterocycles. The minimum atomic E-state index is -2.84. The SMILES string of the molecule is CC(C)(C)[Si](OC[C@H]1CN(c2nc(Cl)nc3c(F)c(Cl)ncc23)C[C@](C)(O)CO1)(c1ccccc1)c1ccccc1. The number of nitrogens with zero attached hydrogens (tertiary/aromatic N) is 4. The third-order valence-corrected chi connectivity index (χ3v) is 12.8. The van der Waals surface area contributed by atoms with Crippen molar-refractivity contribution in [3.63, 3.8) is 0 Å². The van der Waals surface area contributed by atoms with Crippen LogP contribution >= 0.6 is 23.2 Å². The van der Waals surface area contributed by atoms with Gasteiger partial charge in [-0.1, -0.05) is 93.0 Å². The highest BCUT2D eigenvalue weighted by Gasteiger charge is 2.50. The van der Waals surface area contributed by atoms with E-state index in [9.17, 15) is 9.50 Å². The summed E-state index contributed by atoms with van der Waals surface area (Å²) < 4.78 is 28.2. The number of aliphatic hydroxyl groups is 1. The Balaban J connectivity index is 1.53. The molecular weight excluding hydrogens is 582 g/mol. The maximum atomic E-state index is 14.9. The lowest BCUT2D eigenvalue weighted by Crippen LogP contribution is -2.67. The second-order valence-electron chi connectivity index (χ2n) is 11.7. The zero-order valence-corrected chi connectivity index (χ0v) is 26.0. The average Bonchev–Trinajstić information content (AvgIpc) is 3.09. The van der Waals surface area contributed by atoms with E-state index in [0.29, 0.717) is 17.7 Å². The molecule has 5 rings (SSSR count). The number of β-amino-alcohol motifs (C(OH)–C–C–N with tert-alkyl or cyclic N) is 1. The van der Waals surface area contributed by atoms with Crippen molar-refractivity contribution in [1.82, 2.24) is 15.0 Å². The Kier molecular flexibility index (Phi) is 8.40. The molecular formula is C30H33Cl2FN4O3Si. The fourth-order valence-corrected chi connectivity index (χ4v) is 10.5. The van der Waals surface area contributed by atoms with Gasteiger partial charge in [0.2, 0.25) is 5.28 Å². The van der Waals surface area contributed by atoms with Crippen molar-refractivity contribution in [1.29, 1.82) is 0 Å². The Morgan fingerprint density at radius 1 is 1.07 bits per heavy atom. The lowest BCUT2D eigenvalue weighted by molar-refractivity contribution is -0.0509. The number of halogens is 3. The van der Waals surface area contributed by atoms with E-state index in [2.05, 4.69) is 60.0 Å². The van der Waals surface area contributed by atoms with Crippen molar-refractivity contribution < 1.29 is 18.7 Å². The van der Waals surface area contributed by atoms with Gasteiger partial charge in [-0.15, -0.1) is 0 Å². The summed E-state index contributed by atoms with van der Waals surface area (Å²) in [5, 5.41) is 13.2. The van der Waals surface area contributed by atoms with Crippen molar-refractivity contribution >= 4 is 58.6 Å². The smallest absolute Gasteiger partial charge is 0.261 e. The van der Waals surface area contributed by atoms with Crippen molar-refractivity contribution in [2.45, 2.75) is 44.4 Å². The number of hydrogen-bond acceptors (Lipinski definition) is 7. The normalized spacial score (nSPS) is 20.3. The highest BCUT2D eigenvalue weighted by atomic mass is 35.5. The molecule has 7 nitrogen and oxygen atoms in total. The standard InChI is InChI=1S/C30H33Cl2FN4O3Si/c1-29(2,3)41(21-11-7-5-8-12-21,22-13-9-6-10-14-22)40-17-20-16-37(18-30(4,38)19-39-20)27-23-15-34-26(31)24(33)25(23)35-28(32)36-27/h5-15,20,38H,16-19H2,1-4H3/t20-,30+/m1/s1. The summed E-state index contributed by atoms with van der Waals surface area (Å²) in [7, 11) is -2.84. The minimum Gasteiger partial charge on any atom is -0.405 e. The number of anilines is 1. The second-order valence-corrected chi connectivity index (χ2v) is 16.7. The molecule has 4 aromatic rings. The molecule has 1 aliphatic heterocycles. The summed E-state index contributed by atoms with van der Waals surface area (Å²) >= 11 is 12.1. The van der Waals surface area contributed by atoms with E-state index in [-0.39, 0.29) is 40.8 Å². The maximum absolute atomic E-state index is 14.9. The van der Waals surface area contributed by atoms with Crippen LogP contribution in [-0.2, 0) is 9.16 Å². The van der Waals surface area contributed by atoms with Gasteiger partial charge in [0.05, 0.1) is 31.2 Å². The first-order valence-corrected chi connectivity index (χ1v) is 16.1. The Bertz CT molecular complexity index is 1480. The lowest BCUT2D eigenvalue weighted by atomic mass is 10.1. The number of benzene rings is 2. The Hall–Kier alpha value is -2.66. The molecule has 2 atom stereocenters. The molecule has 0 unspecified atom stereocenters. The summed E-state index contributed by atoms with van der Waals surface area (Å²) in [6.45, 7) is 9.13. The van der Waals surface area contributed by atoms with E-state index in [4.69, 9.17) is 32.4 Å². The van der Waals surface area contributed by atoms with Gasteiger partial charge < -0.3 is 19.2 Å². The molecule has 0 saturated carbocycles. The van der Waals surface area contributed by atoms with E-state index in [0.717, 1.165) is 10.4 Å². The van der Waals surface area contributed by atoms with Crippen LogP contribution in [-0.4, -0.2) is 66.4 Å². The van der Waals surface area contributed by atoms with Gasteiger partial charge in [0.25, 0.3) is 8.32 Å². The van der Waals surface area contributed by atoms with Crippen LogP contribution in [0.5, 0.6) is 0 Å². The highest BCUT2D eigenvalue weighted by molar-refractivity contribution is 6.99. The van der Waals surface area contributed by atoms with Gasteiger partial charge in [0, 0.05) is 12.7 Å². The van der Waals surface area contributed by atoms with E-state index in [1.807, 2.05) is 41.3 Å². The first-order valence-electron chi connectivity index (χ1n) is 13.4. The fraction of sp³-hybridized carbons (Fsp3) is 0.367. The molecule has 0 spiro atoms. The molecule has 3 heterocycles. The second kappa shape index (κ2) is 11.5. The topological polar surface area (TPSA) is 80.6 Å². The van der Waals surface area contributed by atoms with Gasteiger partial charge in [0.1, 0.15) is 16.9 Å². The summed E-state index contributed by atoms with van der Waals surface area (Å²) in [5.41, 5.74) is -1.26. The van der Waals surface area contributed by atoms with Gasteiger partial charge >= 0.3 is 0 Å². The Labute approximate surface area is 250 Å². The maximum Gasteiger partial charge on any atom is 0.261 e. The number of hydrogen-bond donors (Lipinski definition) is 1. The molecule has 216 valence electrons. The highest BCUT2D eigenvalue weighted by Crippen LogP contribution is 2.37. The van der Waals surface area contributed by atoms with Crippen LogP contribution in [0, 0.1) is 5.82 Å². The van der Waals surface area contributed by atoms with Crippen LogP contribution in [0.15, 0.2) is 66.9 Å². The number of rotatable bonds is 6. The third-order valence-electron chi connectivity index (χ3n) is 7.38. The monoisotopic (exact) mass is 614 g/mol.